The number of nitrogens with zero attached hydrogens (tertiary/aromatic N) is 2. The summed E-state index contributed by atoms with van der Waals surface area (Å²) in [4.78, 5) is 9.49. The fraction of sp³-hybridized carbons (Fsp3) is 0.500. The van der Waals surface area contributed by atoms with E-state index in [1.54, 1.807) is 0 Å². The third kappa shape index (κ3) is 3.47. The molecule has 1 aliphatic heterocycles. The molecule has 0 bridgehead atoms. The van der Waals surface area contributed by atoms with E-state index in [9.17, 15) is 0 Å². The number of aromatic nitrogens is 2. The largest absolute Gasteiger partial charge is 0.317 e. The highest BCUT2D eigenvalue weighted by atomic mass is 35.5. The number of hydrogen-bond donors (Lipinski definition) is 1. The van der Waals surface area contributed by atoms with E-state index >= 15 is 0 Å². The Labute approximate surface area is 149 Å². The van der Waals surface area contributed by atoms with Gasteiger partial charge in [0, 0.05) is 23.1 Å². The van der Waals surface area contributed by atoms with Gasteiger partial charge in [0.25, 0.3) is 0 Å². The van der Waals surface area contributed by atoms with Crippen LogP contribution in [0.15, 0.2) is 36.5 Å². The van der Waals surface area contributed by atoms with Crippen molar-refractivity contribution in [3.05, 3.63) is 58.6 Å². The maximum absolute atomic E-state index is 6.58. The number of piperidine rings is 1. The van der Waals surface area contributed by atoms with Crippen molar-refractivity contribution < 1.29 is 0 Å². The Morgan fingerprint density at radius 1 is 1.21 bits per heavy atom. The first-order chi connectivity index (χ1) is 11.7. The minimum Gasteiger partial charge on any atom is -0.317 e. The van der Waals surface area contributed by atoms with Gasteiger partial charge >= 0.3 is 0 Å². The molecule has 1 saturated heterocycles. The van der Waals surface area contributed by atoms with E-state index < -0.39 is 0 Å². The average molecular weight is 344 g/mol. The Bertz CT molecular complexity index is 680. The molecule has 1 N–H and O–H groups in total. The van der Waals surface area contributed by atoms with Crippen molar-refractivity contribution in [1.29, 1.82) is 0 Å². The van der Waals surface area contributed by atoms with Gasteiger partial charge in [-0.1, -0.05) is 50.1 Å². The molecule has 0 unspecified atom stereocenters. The molecule has 24 heavy (non-hydrogen) atoms. The van der Waals surface area contributed by atoms with Crippen molar-refractivity contribution >= 4 is 11.6 Å². The van der Waals surface area contributed by atoms with E-state index in [0.29, 0.717) is 5.92 Å². The van der Waals surface area contributed by atoms with Gasteiger partial charge in [0.2, 0.25) is 0 Å². The van der Waals surface area contributed by atoms with Crippen LogP contribution in [0.5, 0.6) is 0 Å². The summed E-state index contributed by atoms with van der Waals surface area (Å²) in [6, 6.07) is 10.3. The standard InChI is InChI=1S/C20H26ClN3/c1-3-15(2)14-19-23-11-8-18(24-19)20(9-12-22-13-10-20)16-6-4-5-7-17(16)21/h4-8,11,15,22H,3,9-10,12-14H2,1-2H3/t15-/m0/s1. The second kappa shape index (κ2) is 7.62. The summed E-state index contributed by atoms with van der Waals surface area (Å²) in [6.45, 7) is 6.43. The second-order valence-electron chi connectivity index (χ2n) is 6.89. The number of nitrogens with one attached hydrogen (secondary N) is 1. The minimum atomic E-state index is -0.114. The summed E-state index contributed by atoms with van der Waals surface area (Å²) in [5.74, 6) is 1.55. The van der Waals surface area contributed by atoms with Gasteiger partial charge in [-0.25, -0.2) is 9.97 Å². The molecule has 3 nitrogen and oxygen atoms in total. The fourth-order valence-corrected chi connectivity index (χ4v) is 3.90. The summed E-state index contributed by atoms with van der Waals surface area (Å²) in [6.07, 6.45) is 6.02. The first kappa shape index (κ1) is 17.4. The van der Waals surface area contributed by atoms with Crippen molar-refractivity contribution in [2.45, 2.75) is 44.9 Å². The van der Waals surface area contributed by atoms with Crippen LogP contribution in [-0.4, -0.2) is 23.1 Å². The number of benzene rings is 1. The van der Waals surface area contributed by atoms with Crippen LogP contribution < -0.4 is 5.32 Å². The molecule has 1 fully saturated rings. The topological polar surface area (TPSA) is 37.8 Å². The molecular weight excluding hydrogens is 318 g/mol. The number of halogens is 1. The molecule has 4 heteroatoms. The lowest BCUT2D eigenvalue weighted by Gasteiger charge is -2.38. The van der Waals surface area contributed by atoms with Crippen molar-refractivity contribution in [2.75, 3.05) is 13.1 Å². The van der Waals surface area contributed by atoms with Crippen molar-refractivity contribution in [3.8, 4) is 0 Å². The Morgan fingerprint density at radius 2 is 1.96 bits per heavy atom. The van der Waals surface area contributed by atoms with Gasteiger partial charge in [-0.2, -0.15) is 0 Å². The SMILES string of the molecule is CC[C@H](C)Cc1nccc(C2(c3ccccc3Cl)CCNCC2)n1. The smallest absolute Gasteiger partial charge is 0.128 e. The lowest BCUT2D eigenvalue weighted by Crippen LogP contribution is -2.41. The van der Waals surface area contributed by atoms with Crippen LogP contribution in [0.1, 0.15) is 50.2 Å². The molecule has 1 aromatic heterocycles. The van der Waals surface area contributed by atoms with Crippen LogP contribution in [0.3, 0.4) is 0 Å². The van der Waals surface area contributed by atoms with Gasteiger partial charge < -0.3 is 5.32 Å². The first-order valence-electron chi connectivity index (χ1n) is 8.94. The first-order valence-corrected chi connectivity index (χ1v) is 9.31. The molecule has 0 spiro atoms. The van der Waals surface area contributed by atoms with Crippen molar-refractivity contribution in [2.24, 2.45) is 5.92 Å². The minimum absolute atomic E-state index is 0.114. The van der Waals surface area contributed by atoms with Gasteiger partial charge in [0.15, 0.2) is 0 Å². The van der Waals surface area contributed by atoms with Crippen LogP contribution in [0.25, 0.3) is 0 Å². The lowest BCUT2D eigenvalue weighted by atomic mass is 9.70. The van der Waals surface area contributed by atoms with E-state index in [1.807, 2.05) is 18.3 Å². The molecular formula is C20H26ClN3. The summed E-state index contributed by atoms with van der Waals surface area (Å²) in [5.41, 5.74) is 2.20. The van der Waals surface area contributed by atoms with Crippen LogP contribution in [0.4, 0.5) is 0 Å². The monoisotopic (exact) mass is 343 g/mol. The maximum Gasteiger partial charge on any atom is 0.128 e. The van der Waals surface area contributed by atoms with Crippen LogP contribution >= 0.6 is 11.6 Å². The van der Waals surface area contributed by atoms with Gasteiger partial charge in [-0.15, -0.1) is 0 Å². The second-order valence-corrected chi connectivity index (χ2v) is 7.29. The maximum atomic E-state index is 6.58. The molecule has 128 valence electrons. The van der Waals surface area contributed by atoms with Crippen LogP contribution in [0, 0.1) is 5.92 Å². The summed E-state index contributed by atoms with van der Waals surface area (Å²) in [7, 11) is 0. The van der Waals surface area contributed by atoms with Gasteiger partial charge in [-0.05, 0) is 49.5 Å². The third-order valence-electron chi connectivity index (χ3n) is 5.27. The van der Waals surface area contributed by atoms with E-state index in [1.165, 1.54) is 5.56 Å². The predicted octanol–water partition coefficient (Wildman–Crippen LogP) is 4.39. The zero-order chi connectivity index (χ0) is 17.0. The molecule has 0 radical (unpaired) electrons. The molecule has 1 aliphatic rings. The normalized spacial score (nSPS) is 18.3. The van der Waals surface area contributed by atoms with Crippen LogP contribution in [-0.2, 0) is 11.8 Å². The summed E-state index contributed by atoms with van der Waals surface area (Å²) >= 11 is 6.58. The Morgan fingerprint density at radius 3 is 2.67 bits per heavy atom. The summed E-state index contributed by atoms with van der Waals surface area (Å²) in [5, 5.41) is 4.30. The third-order valence-corrected chi connectivity index (χ3v) is 5.60. The number of hydrogen-bond acceptors (Lipinski definition) is 3. The van der Waals surface area contributed by atoms with E-state index in [4.69, 9.17) is 16.6 Å². The Balaban J connectivity index is 2.04. The molecule has 1 atom stereocenters. The fourth-order valence-electron chi connectivity index (χ4n) is 3.59. The van der Waals surface area contributed by atoms with Gasteiger partial charge in [-0.3, -0.25) is 0 Å². The Kier molecular flexibility index (Phi) is 5.52. The molecule has 3 rings (SSSR count). The quantitative estimate of drug-likeness (QED) is 0.875. The van der Waals surface area contributed by atoms with Crippen molar-refractivity contribution in [3.63, 3.8) is 0 Å². The molecule has 2 aromatic rings. The molecule has 2 heterocycles. The van der Waals surface area contributed by atoms with Gasteiger partial charge in [0.05, 0.1) is 5.69 Å². The molecule has 0 saturated carbocycles. The predicted molar refractivity (Wildman–Crippen MR) is 99.5 cm³/mol. The number of rotatable bonds is 5. The van der Waals surface area contributed by atoms with Gasteiger partial charge in [0.1, 0.15) is 5.82 Å². The van der Waals surface area contributed by atoms with Crippen LogP contribution in [0.2, 0.25) is 5.02 Å². The highest BCUT2D eigenvalue weighted by Gasteiger charge is 2.38. The average Bonchev–Trinajstić information content (AvgIpc) is 2.63. The van der Waals surface area contributed by atoms with E-state index in [2.05, 4.69) is 42.3 Å². The zero-order valence-corrected chi connectivity index (χ0v) is 15.3. The van der Waals surface area contributed by atoms with E-state index in [0.717, 1.165) is 55.3 Å². The Hall–Kier alpha value is -1.45. The summed E-state index contributed by atoms with van der Waals surface area (Å²) < 4.78 is 0. The van der Waals surface area contributed by atoms with E-state index in [-0.39, 0.29) is 5.41 Å². The molecule has 1 aromatic carbocycles. The molecule has 0 amide bonds. The lowest BCUT2D eigenvalue weighted by molar-refractivity contribution is 0.352. The highest BCUT2D eigenvalue weighted by molar-refractivity contribution is 6.31. The molecule has 0 aliphatic carbocycles. The highest BCUT2D eigenvalue weighted by Crippen LogP contribution is 2.42. The zero-order valence-electron chi connectivity index (χ0n) is 14.6. The van der Waals surface area contributed by atoms with Crippen molar-refractivity contribution in [1.82, 2.24) is 15.3 Å².